The molecule has 0 unspecified atom stereocenters. The molecule has 0 amide bonds. The van der Waals surface area contributed by atoms with Crippen LogP contribution in [-0.4, -0.2) is 0 Å². The first-order valence-corrected chi connectivity index (χ1v) is 7.76. The molecule has 0 N–H and O–H groups in total. The molecule has 1 aromatic carbocycles. The van der Waals surface area contributed by atoms with E-state index in [1.54, 1.807) is 0 Å². The van der Waals surface area contributed by atoms with E-state index in [9.17, 15) is 0 Å². The van der Waals surface area contributed by atoms with Crippen LogP contribution in [0.1, 0.15) is 45.1 Å². The fraction of sp³-hybridized carbons (Fsp3) is 0.625. The average Bonchev–Trinajstić information content (AvgIpc) is 2.34. The second-order valence-electron chi connectivity index (χ2n) is 5.93. The van der Waals surface area contributed by atoms with Crippen LogP contribution < -0.4 is 0 Å². The van der Waals surface area contributed by atoms with Gasteiger partial charge in [0.05, 0.1) is 0 Å². The highest BCUT2D eigenvalue weighted by atomic mass is 35.5. The van der Waals surface area contributed by atoms with Crippen molar-refractivity contribution in [3.8, 4) is 0 Å². The third kappa shape index (κ3) is 3.42. The Hall–Kier alpha value is -0.200. The van der Waals surface area contributed by atoms with E-state index in [2.05, 4.69) is 13.8 Å². The first-order valence-electron chi connectivity index (χ1n) is 7.00. The lowest BCUT2D eigenvalue weighted by Gasteiger charge is -2.31. The predicted molar refractivity (Wildman–Crippen MR) is 80.5 cm³/mol. The molecule has 100 valence electrons. The van der Waals surface area contributed by atoms with Crippen LogP contribution in [-0.2, 0) is 6.42 Å². The van der Waals surface area contributed by atoms with Crippen molar-refractivity contribution in [2.75, 3.05) is 0 Å². The maximum Gasteiger partial charge on any atom is 0.0452 e. The summed E-state index contributed by atoms with van der Waals surface area (Å²) in [6.45, 7) is 4.69. The minimum atomic E-state index is 0.761. The summed E-state index contributed by atoms with van der Waals surface area (Å²) in [4.78, 5) is 0. The summed E-state index contributed by atoms with van der Waals surface area (Å²) in [6, 6.07) is 5.81. The fourth-order valence-corrected chi connectivity index (χ4v) is 3.63. The molecule has 0 bridgehead atoms. The van der Waals surface area contributed by atoms with Crippen LogP contribution in [0.4, 0.5) is 0 Å². The molecule has 0 spiro atoms. The topological polar surface area (TPSA) is 0 Å². The van der Waals surface area contributed by atoms with Gasteiger partial charge in [-0.05, 0) is 67.6 Å². The van der Waals surface area contributed by atoms with Gasteiger partial charge in [-0.2, -0.15) is 0 Å². The summed E-state index contributed by atoms with van der Waals surface area (Å²) in [5.74, 6) is 2.51. The number of rotatable bonds is 3. The Balaban J connectivity index is 1.96. The van der Waals surface area contributed by atoms with E-state index in [1.165, 1.54) is 25.7 Å². The first kappa shape index (κ1) is 14.2. The number of hydrogen-bond acceptors (Lipinski definition) is 0. The Morgan fingerprint density at radius 2 is 1.61 bits per heavy atom. The number of halogens is 2. The minimum Gasteiger partial charge on any atom is -0.0840 e. The highest BCUT2D eigenvalue weighted by Crippen LogP contribution is 2.37. The monoisotopic (exact) mass is 284 g/mol. The molecule has 1 aliphatic rings. The van der Waals surface area contributed by atoms with Crippen molar-refractivity contribution in [2.24, 2.45) is 17.8 Å². The summed E-state index contributed by atoms with van der Waals surface area (Å²) >= 11 is 12.5. The molecule has 0 aliphatic heterocycles. The second-order valence-corrected chi connectivity index (χ2v) is 6.74. The highest BCUT2D eigenvalue weighted by Gasteiger charge is 2.24. The molecule has 0 saturated heterocycles. The number of hydrogen-bond donors (Lipinski definition) is 0. The molecule has 0 aromatic heterocycles. The van der Waals surface area contributed by atoms with Crippen LogP contribution >= 0.6 is 23.2 Å². The van der Waals surface area contributed by atoms with Crippen LogP contribution in [0, 0.1) is 17.8 Å². The molecular weight excluding hydrogens is 263 g/mol. The second kappa shape index (κ2) is 6.30. The van der Waals surface area contributed by atoms with Gasteiger partial charge >= 0.3 is 0 Å². The van der Waals surface area contributed by atoms with E-state index in [-0.39, 0.29) is 0 Å². The predicted octanol–water partition coefficient (Wildman–Crippen LogP) is 6.00. The molecule has 0 atom stereocenters. The van der Waals surface area contributed by atoms with Crippen molar-refractivity contribution in [3.63, 3.8) is 0 Å². The molecule has 0 heterocycles. The van der Waals surface area contributed by atoms with E-state index in [1.807, 2.05) is 18.2 Å². The molecule has 1 fully saturated rings. The molecule has 0 nitrogen and oxygen atoms in total. The Morgan fingerprint density at radius 1 is 1.06 bits per heavy atom. The van der Waals surface area contributed by atoms with E-state index in [0.717, 1.165) is 39.8 Å². The molecule has 2 rings (SSSR count). The Bertz CT molecular complexity index is 370. The highest BCUT2D eigenvalue weighted by molar-refractivity contribution is 6.35. The molecule has 2 heteroatoms. The average molecular weight is 285 g/mol. The summed E-state index contributed by atoms with van der Waals surface area (Å²) in [5, 5.41) is 1.65. The van der Waals surface area contributed by atoms with Gasteiger partial charge in [-0.1, -0.05) is 43.1 Å². The summed E-state index contributed by atoms with van der Waals surface area (Å²) in [6.07, 6.45) is 6.42. The van der Waals surface area contributed by atoms with Gasteiger partial charge in [0.25, 0.3) is 0 Å². The standard InChI is InChI=1S/C16H22Cl2/c1-11(2)13-8-6-12(7-9-13)10-14-15(17)4-3-5-16(14)18/h3-5,11-13H,6-10H2,1-2H3. The van der Waals surface area contributed by atoms with Gasteiger partial charge in [-0.3, -0.25) is 0 Å². The Morgan fingerprint density at radius 3 is 2.11 bits per heavy atom. The third-order valence-corrected chi connectivity index (χ3v) is 5.10. The van der Waals surface area contributed by atoms with Gasteiger partial charge < -0.3 is 0 Å². The minimum absolute atomic E-state index is 0.761. The zero-order valence-corrected chi connectivity index (χ0v) is 12.8. The van der Waals surface area contributed by atoms with Crippen molar-refractivity contribution < 1.29 is 0 Å². The molecule has 0 radical (unpaired) electrons. The molecule has 18 heavy (non-hydrogen) atoms. The van der Waals surface area contributed by atoms with Gasteiger partial charge in [0, 0.05) is 10.0 Å². The third-order valence-electron chi connectivity index (χ3n) is 4.39. The van der Waals surface area contributed by atoms with Crippen LogP contribution in [0.5, 0.6) is 0 Å². The van der Waals surface area contributed by atoms with Crippen LogP contribution in [0.3, 0.4) is 0 Å². The quantitative estimate of drug-likeness (QED) is 0.639. The lowest BCUT2D eigenvalue weighted by atomic mass is 9.75. The van der Waals surface area contributed by atoms with E-state index in [0.29, 0.717) is 0 Å². The normalized spacial score (nSPS) is 24.5. The maximum atomic E-state index is 6.24. The molecule has 1 aliphatic carbocycles. The number of benzene rings is 1. The molecular formula is C16H22Cl2. The zero-order valence-electron chi connectivity index (χ0n) is 11.3. The van der Waals surface area contributed by atoms with Gasteiger partial charge in [-0.25, -0.2) is 0 Å². The Labute approximate surface area is 121 Å². The first-order chi connectivity index (χ1) is 8.58. The molecule has 1 saturated carbocycles. The van der Waals surface area contributed by atoms with Crippen LogP contribution in [0.2, 0.25) is 10.0 Å². The van der Waals surface area contributed by atoms with Crippen molar-refractivity contribution in [2.45, 2.75) is 46.0 Å². The maximum absolute atomic E-state index is 6.24. The van der Waals surface area contributed by atoms with Gasteiger partial charge in [-0.15, -0.1) is 0 Å². The summed E-state index contributed by atoms with van der Waals surface area (Å²) < 4.78 is 0. The van der Waals surface area contributed by atoms with Crippen molar-refractivity contribution in [1.82, 2.24) is 0 Å². The van der Waals surface area contributed by atoms with Crippen molar-refractivity contribution in [1.29, 1.82) is 0 Å². The van der Waals surface area contributed by atoms with Crippen LogP contribution in [0.15, 0.2) is 18.2 Å². The lowest BCUT2D eigenvalue weighted by molar-refractivity contribution is 0.223. The largest absolute Gasteiger partial charge is 0.0840 e. The zero-order chi connectivity index (χ0) is 13.1. The van der Waals surface area contributed by atoms with Crippen molar-refractivity contribution in [3.05, 3.63) is 33.8 Å². The van der Waals surface area contributed by atoms with Gasteiger partial charge in [0.1, 0.15) is 0 Å². The SMILES string of the molecule is CC(C)C1CCC(Cc2c(Cl)cccc2Cl)CC1. The summed E-state index contributed by atoms with van der Waals surface area (Å²) in [7, 11) is 0. The summed E-state index contributed by atoms with van der Waals surface area (Å²) in [5.41, 5.74) is 1.15. The Kier molecular flexibility index (Phi) is 4.98. The molecule has 1 aromatic rings. The van der Waals surface area contributed by atoms with Crippen LogP contribution in [0.25, 0.3) is 0 Å². The van der Waals surface area contributed by atoms with E-state index >= 15 is 0 Å². The van der Waals surface area contributed by atoms with Gasteiger partial charge in [0.15, 0.2) is 0 Å². The van der Waals surface area contributed by atoms with Gasteiger partial charge in [0.2, 0.25) is 0 Å². The van der Waals surface area contributed by atoms with E-state index in [4.69, 9.17) is 23.2 Å². The fourth-order valence-electron chi connectivity index (χ4n) is 3.08. The smallest absolute Gasteiger partial charge is 0.0452 e. The van der Waals surface area contributed by atoms with Crippen molar-refractivity contribution >= 4 is 23.2 Å². The lowest BCUT2D eigenvalue weighted by Crippen LogP contribution is -2.20. The van der Waals surface area contributed by atoms with E-state index < -0.39 is 0 Å².